The molecule has 2 aromatic carbocycles. The van der Waals surface area contributed by atoms with Crippen LogP contribution < -0.4 is 15.5 Å². The van der Waals surface area contributed by atoms with Crippen LogP contribution in [0.2, 0.25) is 0 Å². The number of rotatable bonds is 5. The number of nitrogens with zero attached hydrogens (tertiary/aromatic N) is 3. The molecule has 0 saturated heterocycles. The van der Waals surface area contributed by atoms with Gasteiger partial charge in [-0.05, 0) is 36.4 Å². The van der Waals surface area contributed by atoms with E-state index in [1.165, 1.54) is 18.5 Å². The number of hydrogen-bond donors (Lipinski definition) is 2. The highest BCUT2D eigenvalue weighted by atomic mass is 19.2. The fraction of sp³-hybridized carbons (Fsp3) is 0.105. The highest BCUT2D eigenvalue weighted by Gasteiger charge is 2.10. The molecule has 3 aromatic rings. The van der Waals surface area contributed by atoms with Crippen LogP contribution in [-0.2, 0) is 0 Å². The molecule has 0 spiro atoms. The number of amides is 1. The maximum atomic E-state index is 13.2. The molecule has 0 aliphatic rings. The van der Waals surface area contributed by atoms with Crippen LogP contribution in [-0.4, -0.2) is 30.0 Å². The van der Waals surface area contributed by atoms with E-state index in [1.807, 2.05) is 43.3 Å². The number of hydrogen-bond acceptors (Lipinski definition) is 5. The molecule has 0 saturated carbocycles. The molecular weight excluding hydrogens is 352 g/mol. The minimum absolute atomic E-state index is 0.0493. The van der Waals surface area contributed by atoms with E-state index in [9.17, 15) is 13.6 Å². The maximum absolute atomic E-state index is 13.2. The molecule has 0 atom stereocenters. The van der Waals surface area contributed by atoms with Crippen LogP contribution in [0.5, 0.6) is 0 Å². The first-order valence-corrected chi connectivity index (χ1v) is 8.05. The van der Waals surface area contributed by atoms with Gasteiger partial charge in [0.05, 0.1) is 12.4 Å². The van der Waals surface area contributed by atoms with Crippen molar-refractivity contribution >= 4 is 28.8 Å². The predicted octanol–water partition coefficient (Wildman–Crippen LogP) is 3.82. The van der Waals surface area contributed by atoms with Crippen LogP contribution in [0.25, 0.3) is 0 Å². The molecule has 8 heteroatoms. The van der Waals surface area contributed by atoms with Gasteiger partial charge in [0, 0.05) is 37.2 Å². The molecule has 27 heavy (non-hydrogen) atoms. The van der Waals surface area contributed by atoms with Crippen molar-refractivity contribution in [3.63, 3.8) is 0 Å². The normalized spacial score (nSPS) is 10.4. The molecule has 0 aliphatic heterocycles. The molecule has 1 amide bonds. The average molecular weight is 369 g/mol. The highest BCUT2D eigenvalue weighted by Crippen LogP contribution is 2.19. The smallest absolute Gasteiger partial charge is 0.275 e. The molecule has 1 heterocycles. The number of carbonyl (C=O) groups is 1. The third kappa shape index (κ3) is 4.55. The van der Waals surface area contributed by atoms with Gasteiger partial charge in [-0.1, -0.05) is 0 Å². The molecule has 2 N–H and O–H groups in total. The lowest BCUT2D eigenvalue weighted by Gasteiger charge is -2.13. The maximum Gasteiger partial charge on any atom is 0.275 e. The van der Waals surface area contributed by atoms with Gasteiger partial charge in [0.1, 0.15) is 11.5 Å². The van der Waals surface area contributed by atoms with Crippen molar-refractivity contribution in [1.29, 1.82) is 0 Å². The zero-order chi connectivity index (χ0) is 19.4. The fourth-order valence-electron chi connectivity index (χ4n) is 2.27. The van der Waals surface area contributed by atoms with Crippen molar-refractivity contribution in [2.45, 2.75) is 0 Å². The predicted molar refractivity (Wildman–Crippen MR) is 100 cm³/mol. The Labute approximate surface area is 154 Å². The lowest BCUT2D eigenvalue weighted by Crippen LogP contribution is -2.14. The van der Waals surface area contributed by atoms with E-state index in [0.717, 1.165) is 23.5 Å². The Hall–Kier alpha value is -3.55. The van der Waals surface area contributed by atoms with Crippen molar-refractivity contribution in [2.75, 3.05) is 29.6 Å². The summed E-state index contributed by atoms with van der Waals surface area (Å²) in [7, 11) is 3.91. The van der Waals surface area contributed by atoms with E-state index in [-0.39, 0.29) is 11.4 Å². The summed E-state index contributed by atoms with van der Waals surface area (Å²) in [4.78, 5) is 22.3. The molecule has 0 aliphatic carbocycles. The van der Waals surface area contributed by atoms with Crippen LogP contribution in [0.3, 0.4) is 0 Å². The Kier molecular flexibility index (Phi) is 5.25. The van der Waals surface area contributed by atoms with Crippen LogP contribution in [0, 0.1) is 11.6 Å². The first-order chi connectivity index (χ1) is 12.9. The van der Waals surface area contributed by atoms with Crippen molar-refractivity contribution in [3.8, 4) is 0 Å². The van der Waals surface area contributed by atoms with Gasteiger partial charge >= 0.3 is 0 Å². The second kappa shape index (κ2) is 7.77. The standard InChI is InChI=1S/C19H17F2N5O/c1-26(2)14-6-3-12(4-7-14)24-18-11-22-17(10-23-18)19(27)25-13-5-8-15(20)16(21)9-13/h3-11H,1-2H3,(H,23,24)(H,25,27). The van der Waals surface area contributed by atoms with Gasteiger partial charge in [0.15, 0.2) is 11.6 Å². The van der Waals surface area contributed by atoms with Crippen LogP contribution in [0.15, 0.2) is 54.9 Å². The van der Waals surface area contributed by atoms with Crippen LogP contribution >= 0.6 is 0 Å². The molecule has 0 fully saturated rings. The topological polar surface area (TPSA) is 70.2 Å². The van der Waals surface area contributed by atoms with Gasteiger partial charge in [-0.15, -0.1) is 0 Å². The molecule has 0 unspecified atom stereocenters. The number of halogens is 2. The minimum Gasteiger partial charge on any atom is -0.378 e. The molecule has 3 rings (SSSR count). The summed E-state index contributed by atoms with van der Waals surface area (Å²) in [6.45, 7) is 0. The van der Waals surface area contributed by atoms with E-state index in [0.29, 0.717) is 5.82 Å². The summed E-state index contributed by atoms with van der Waals surface area (Å²) in [6, 6.07) is 10.8. The SMILES string of the molecule is CN(C)c1ccc(Nc2cnc(C(=O)Nc3ccc(F)c(F)c3)cn2)cc1. The number of anilines is 4. The molecule has 138 valence electrons. The molecule has 1 aromatic heterocycles. The van der Waals surface area contributed by atoms with Crippen molar-refractivity contribution in [2.24, 2.45) is 0 Å². The number of aromatic nitrogens is 2. The summed E-state index contributed by atoms with van der Waals surface area (Å²) in [5, 5.41) is 5.52. The molecule has 0 radical (unpaired) electrons. The van der Waals surface area contributed by atoms with Crippen LogP contribution in [0.1, 0.15) is 10.5 Å². The first-order valence-electron chi connectivity index (χ1n) is 8.05. The van der Waals surface area contributed by atoms with Crippen molar-refractivity contribution in [3.05, 3.63) is 72.2 Å². The lowest BCUT2D eigenvalue weighted by atomic mass is 10.2. The number of benzene rings is 2. The zero-order valence-corrected chi connectivity index (χ0v) is 14.7. The highest BCUT2D eigenvalue weighted by molar-refractivity contribution is 6.02. The Morgan fingerprint density at radius 1 is 0.926 bits per heavy atom. The van der Waals surface area contributed by atoms with Crippen LogP contribution in [0.4, 0.5) is 31.7 Å². The lowest BCUT2D eigenvalue weighted by molar-refractivity contribution is 0.102. The van der Waals surface area contributed by atoms with Gasteiger partial charge in [-0.2, -0.15) is 0 Å². The van der Waals surface area contributed by atoms with E-state index >= 15 is 0 Å². The van der Waals surface area contributed by atoms with Gasteiger partial charge < -0.3 is 15.5 Å². The number of nitrogens with one attached hydrogen (secondary N) is 2. The van der Waals surface area contributed by atoms with Gasteiger partial charge in [0.25, 0.3) is 5.91 Å². The van der Waals surface area contributed by atoms with E-state index in [1.54, 1.807) is 0 Å². The third-order valence-electron chi connectivity index (χ3n) is 3.72. The summed E-state index contributed by atoms with van der Waals surface area (Å²) in [5.41, 5.74) is 2.07. The van der Waals surface area contributed by atoms with E-state index < -0.39 is 17.5 Å². The largest absolute Gasteiger partial charge is 0.378 e. The second-order valence-electron chi connectivity index (χ2n) is 5.94. The zero-order valence-electron chi connectivity index (χ0n) is 14.7. The van der Waals surface area contributed by atoms with Crippen molar-refractivity contribution < 1.29 is 13.6 Å². The molecule has 0 bridgehead atoms. The molecule has 6 nitrogen and oxygen atoms in total. The summed E-state index contributed by atoms with van der Waals surface area (Å²) in [6.07, 6.45) is 2.71. The average Bonchev–Trinajstić information content (AvgIpc) is 2.66. The Bertz CT molecular complexity index is 943. The first kappa shape index (κ1) is 18.2. The Morgan fingerprint density at radius 3 is 2.22 bits per heavy atom. The number of carbonyl (C=O) groups excluding carboxylic acids is 1. The monoisotopic (exact) mass is 369 g/mol. The third-order valence-corrected chi connectivity index (χ3v) is 3.72. The Balaban J connectivity index is 1.65. The van der Waals surface area contributed by atoms with Crippen molar-refractivity contribution in [1.82, 2.24) is 9.97 Å². The van der Waals surface area contributed by atoms with Gasteiger partial charge in [-0.3, -0.25) is 4.79 Å². The second-order valence-corrected chi connectivity index (χ2v) is 5.94. The van der Waals surface area contributed by atoms with E-state index in [4.69, 9.17) is 0 Å². The van der Waals surface area contributed by atoms with Gasteiger partial charge in [0.2, 0.25) is 0 Å². The van der Waals surface area contributed by atoms with E-state index in [2.05, 4.69) is 20.6 Å². The Morgan fingerprint density at radius 2 is 1.63 bits per heavy atom. The molecular formula is C19H17F2N5O. The quantitative estimate of drug-likeness (QED) is 0.716. The summed E-state index contributed by atoms with van der Waals surface area (Å²) in [5.74, 6) is -2.13. The van der Waals surface area contributed by atoms with Gasteiger partial charge in [-0.25, -0.2) is 18.7 Å². The minimum atomic E-state index is -1.04. The fourth-order valence-corrected chi connectivity index (χ4v) is 2.27. The summed E-state index contributed by atoms with van der Waals surface area (Å²) >= 11 is 0. The summed E-state index contributed by atoms with van der Waals surface area (Å²) < 4.78 is 26.1.